The first-order chi connectivity index (χ1) is 10.2. The van der Waals surface area contributed by atoms with Crippen LogP contribution in [0.4, 0.5) is 5.69 Å². The first kappa shape index (κ1) is 17.2. The molecule has 0 radical (unpaired) electrons. The standard InChI is InChI=1S/C17H25NO3S/c1-10-14(15(19)21-16(20-10)17(3,4)5)11(2)22-13-9-7-6-8-12(13)18/h6-11,14,16H,18H2,1-5H3/t10-,11-,14+,16-/m1/s1. The maximum atomic E-state index is 12.4. The van der Waals surface area contributed by atoms with E-state index in [2.05, 4.69) is 0 Å². The van der Waals surface area contributed by atoms with Crippen LogP contribution in [0.3, 0.4) is 0 Å². The van der Waals surface area contributed by atoms with Gasteiger partial charge in [-0.25, -0.2) is 0 Å². The molecule has 0 spiro atoms. The van der Waals surface area contributed by atoms with Gasteiger partial charge >= 0.3 is 5.97 Å². The number of benzene rings is 1. The summed E-state index contributed by atoms with van der Waals surface area (Å²) in [6.07, 6.45) is -0.678. The molecule has 0 bridgehead atoms. The molecule has 4 nitrogen and oxygen atoms in total. The highest BCUT2D eigenvalue weighted by Crippen LogP contribution is 2.38. The molecule has 4 atom stereocenters. The molecule has 2 N–H and O–H groups in total. The van der Waals surface area contributed by atoms with Gasteiger partial charge in [-0.3, -0.25) is 4.79 Å². The number of rotatable bonds is 3. The average molecular weight is 323 g/mol. The molecule has 122 valence electrons. The van der Waals surface area contributed by atoms with Crippen LogP contribution in [0.15, 0.2) is 29.2 Å². The van der Waals surface area contributed by atoms with E-state index >= 15 is 0 Å². The second kappa shape index (κ2) is 6.50. The molecule has 0 unspecified atom stereocenters. The number of carbonyl (C=O) groups is 1. The summed E-state index contributed by atoms with van der Waals surface area (Å²) < 4.78 is 11.5. The average Bonchev–Trinajstić information content (AvgIpc) is 2.39. The lowest BCUT2D eigenvalue weighted by atomic mass is 9.92. The van der Waals surface area contributed by atoms with Crippen molar-refractivity contribution in [1.29, 1.82) is 0 Å². The maximum absolute atomic E-state index is 12.4. The summed E-state index contributed by atoms with van der Waals surface area (Å²) in [5.41, 5.74) is 6.48. The lowest BCUT2D eigenvalue weighted by Crippen LogP contribution is -2.50. The highest BCUT2D eigenvalue weighted by molar-refractivity contribution is 8.00. The molecule has 0 aliphatic carbocycles. The Labute approximate surface area is 136 Å². The molecule has 1 heterocycles. The third-order valence-electron chi connectivity index (χ3n) is 3.78. The smallest absolute Gasteiger partial charge is 0.315 e. The predicted octanol–water partition coefficient (Wildman–Crippen LogP) is 3.70. The van der Waals surface area contributed by atoms with Crippen LogP contribution in [0, 0.1) is 11.3 Å². The molecule has 1 aliphatic rings. The first-order valence-electron chi connectivity index (χ1n) is 7.57. The quantitative estimate of drug-likeness (QED) is 0.522. The molecule has 22 heavy (non-hydrogen) atoms. The lowest BCUT2D eigenvalue weighted by molar-refractivity contribution is -0.253. The minimum absolute atomic E-state index is 0.0214. The van der Waals surface area contributed by atoms with Gasteiger partial charge in [0.1, 0.15) is 0 Å². The Morgan fingerprint density at radius 1 is 1.27 bits per heavy atom. The fourth-order valence-corrected chi connectivity index (χ4v) is 3.74. The molecule has 5 heteroatoms. The van der Waals surface area contributed by atoms with Crippen LogP contribution in [0.5, 0.6) is 0 Å². The highest BCUT2D eigenvalue weighted by Gasteiger charge is 2.44. The zero-order valence-corrected chi connectivity index (χ0v) is 14.6. The first-order valence-corrected chi connectivity index (χ1v) is 8.45. The van der Waals surface area contributed by atoms with Gasteiger partial charge in [-0.05, 0) is 19.1 Å². The Kier molecular flexibility index (Phi) is 5.07. The van der Waals surface area contributed by atoms with Crippen molar-refractivity contribution in [1.82, 2.24) is 0 Å². The van der Waals surface area contributed by atoms with Crippen LogP contribution in [0.1, 0.15) is 34.6 Å². The minimum Gasteiger partial charge on any atom is -0.435 e. The fraction of sp³-hybridized carbons (Fsp3) is 0.588. The molecule has 0 aromatic heterocycles. The van der Waals surface area contributed by atoms with Crippen LogP contribution in [-0.4, -0.2) is 23.6 Å². The van der Waals surface area contributed by atoms with Gasteiger partial charge in [0, 0.05) is 21.2 Å². The van der Waals surface area contributed by atoms with Gasteiger partial charge in [0.25, 0.3) is 0 Å². The molecule has 1 aromatic carbocycles. The molecule has 0 amide bonds. The molecule has 1 fully saturated rings. The van der Waals surface area contributed by atoms with E-state index in [1.807, 2.05) is 58.9 Å². The van der Waals surface area contributed by atoms with Crippen LogP contribution in [0.2, 0.25) is 0 Å². The zero-order valence-electron chi connectivity index (χ0n) is 13.8. The fourth-order valence-electron chi connectivity index (χ4n) is 2.50. The topological polar surface area (TPSA) is 61.5 Å². The van der Waals surface area contributed by atoms with Gasteiger partial charge in [-0.15, -0.1) is 11.8 Å². The van der Waals surface area contributed by atoms with E-state index in [9.17, 15) is 4.79 Å². The van der Waals surface area contributed by atoms with Gasteiger partial charge in [0.15, 0.2) is 0 Å². The van der Waals surface area contributed by atoms with E-state index in [0.29, 0.717) is 0 Å². The van der Waals surface area contributed by atoms with Crippen molar-refractivity contribution in [2.45, 2.75) is 57.2 Å². The Balaban J connectivity index is 2.09. The van der Waals surface area contributed by atoms with Crippen molar-refractivity contribution < 1.29 is 14.3 Å². The van der Waals surface area contributed by atoms with E-state index in [4.69, 9.17) is 15.2 Å². The number of carbonyl (C=O) groups excluding carboxylic acids is 1. The zero-order chi connectivity index (χ0) is 16.5. The van der Waals surface area contributed by atoms with E-state index in [1.165, 1.54) is 0 Å². The summed E-state index contributed by atoms with van der Waals surface area (Å²) in [4.78, 5) is 13.4. The Morgan fingerprint density at radius 3 is 2.45 bits per heavy atom. The van der Waals surface area contributed by atoms with Crippen molar-refractivity contribution in [2.75, 3.05) is 5.73 Å². The number of hydrogen-bond donors (Lipinski definition) is 1. The molecular formula is C17H25NO3S. The number of cyclic esters (lactones) is 1. The number of para-hydroxylation sites is 1. The minimum atomic E-state index is -0.495. The number of hydrogen-bond acceptors (Lipinski definition) is 5. The van der Waals surface area contributed by atoms with Gasteiger partial charge in [0.05, 0.1) is 12.0 Å². The summed E-state index contributed by atoms with van der Waals surface area (Å²) in [7, 11) is 0. The second-order valence-corrected chi connectivity index (χ2v) is 8.28. The molecule has 1 aliphatic heterocycles. The van der Waals surface area contributed by atoms with E-state index in [-0.39, 0.29) is 28.7 Å². The van der Waals surface area contributed by atoms with Gasteiger partial charge < -0.3 is 15.2 Å². The summed E-state index contributed by atoms with van der Waals surface area (Å²) >= 11 is 1.59. The van der Waals surface area contributed by atoms with Gasteiger partial charge in [-0.2, -0.15) is 0 Å². The number of nitrogen functional groups attached to an aromatic ring is 1. The summed E-state index contributed by atoms with van der Waals surface area (Å²) in [6.45, 7) is 9.96. The highest BCUT2D eigenvalue weighted by atomic mass is 32.2. The van der Waals surface area contributed by atoms with Gasteiger partial charge in [0.2, 0.25) is 6.29 Å². The number of ether oxygens (including phenoxy) is 2. The lowest BCUT2D eigenvalue weighted by Gasteiger charge is -2.41. The maximum Gasteiger partial charge on any atom is 0.315 e. The summed E-state index contributed by atoms with van der Waals surface area (Å²) in [5, 5.41) is 0.0214. The largest absolute Gasteiger partial charge is 0.435 e. The Bertz CT molecular complexity index is 541. The molecule has 0 saturated carbocycles. The van der Waals surface area contributed by atoms with Crippen molar-refractivity contribution >= 4 is 23.4 Å². The second-order valence-electron chi connectivity index (χ2n) is 6.86. The summed E-state index contributed by atoms with van der Waals surface area (Å²) in [5.74, 6) is -0.489. The third-order valence-corrected chi connectivity index (χ3v) is 5.07. The number of thioether (sulfide) groups is 1. The molecule has 1 saturated heterocycles. The van der Waals surface area contributed by atoms with E-state index in [0.717, 1.165) is 10.6 Å². The van der Waals surface area contributed by atoms with Crippen LogP contribution >= 0.6 is 11.8 Å². The number of anilines is 1. The van der Waals surface area contributed by atoms with Crippen molar-refractivity contribution in [2.24, 2.45) is 11.3 Å². The van der Waals surface area contributed by atoms with E-state index in [1.54, 1.807) is 11.8 Å². The van der Waals surface area contributed by atoms with Crippen LogP contribution < -0.4 is 5.73 Å². The molecular weight excluding hydrogens is 298 g/mol. The van der Waals surface area contributed by atoms with Crippen LogP contribution in [-0.2, 0) is 14.3 Å². The van der Waals surface area contributed by atoms with Crippen molar-refractivity contribution in [3.8, 4) is 0 Å². The Morgan fingerprint density at radius 2 is 1.91 bits per heavy atom. The van der Waals surface area contributed by atoms with Crippen molar-refractivity contribution in [3.63, 3.8) is 0 Å². The molecule has 1 aromatic rings. The predicted molar refractivity (Wildman–Crippen MR) is 89.5 cm³/mol. The monoisotopic (exact) mass is 323 g/mol. The summed E-state index contributed by atoms with van der Waals surface area (Å²) in [6, 6.07) is 7.68. The van der Waals surface area contributed by atoms with Crippen LogP contribution in [0.25, 0.3) is 0 Å². The van der Waals surface area contributed by atoms with E-state index < -0.39 is 6.29 Å². The SMILES string of the molecule is C[C@H]1O[C@@H](C(C)(C)C)OC(=O)[C@@H]1[C@@H](C)Sc1ccccc1N. The Hall–Kier alpha value is -1.20. The number of esters is 1. The van der Waals surface area contributed by atoms with Gasteiger partial charge in [-0.1, -0.05) is 39.8 Å². The number of nitrogens with two attached hydrogens (primary N) is 1. The third kappa shape index (κ3) is 3.76. The normalized spacial score (nSPS) is 27.3. The molecule has 2 rings (SSSR count). The van der Waals surface area contributed by atoms with Crippen molar-refractivity contribution in [3.05, 3.63) is 24.3 Å².